The molecule has 0 fully saturated rings. The lowest BCUT2D eigenvalue weighted by Gasteiger charge is -2.12. The van der Waals surface area contributed by atoms with Crippen molar-refractivity contribution in [1.82, 2.24) is 20.8 Å². The summed E-state index contributed by atoms with van der Waals surface area (Å²) in [6.45, 7) is 4.05. The van der Waals surface area contributed by atoms with Crippen molar-refractivity contribution in [3.8, 4) is 5.75 Å². The predicted octanol–water partition coefficient (Wildman–Crippen LogP) is 3.72. The van der Waals surface area contributed by atoms with Gasteiger partial charge in [0.05, 0.1) is 6.61 Å². The first-order chi connectivity index (χ1) is 13.7. The largest absolute Gasteiger partial charge is 0.494 e. The van der Waals surface area contributed by atoms with Gasteiger partial charge in [0.1, 0.15) is 5.75 Å². The van der Waals surface area contributed by atoms with Crippen LogP contribution in [0.15, 0.2) is 52.0 Å². The smallest absolute Gasteiger partial charge is 0.226 e. The molecule has 7 nitrogen and oxygen atoms in total. The van der Waals surface area contributed by atoms with Gasteiger partial charge in [-0.25, -0.2) is 0 Å². The molecule has 3 aromatic rings. The van der Waals surface area contributed by atoms with E-state index in [-0.39, 0.29) is 24.0 Å². The number of ether oxygens (including phenoxy) is 1. The first-order valence-electron chi connectivity index (χ1n) is 9.60. The Labute approximate surface area is 188 Å². The summed E-state index contributed by atoms with van der Waals surface area (Å²) in [4.78, 5) is 8.42. The van der Waals surface area contributed by atoms with Gasteiger partial charge in [-0.2, -0.15) is 4.98 Å². The van der Waals surface area contributed by atoms with Gasteiger partial charge >= 0.3 is 0 Å². The zero-order valence-corrected chi connectivity index (χ0v) is 19.2. The monoisotopic (exact) mass is 509 g/mol. The standard InChI is InChI=1S/C21H27N5O2.HI/c1-16-25-20(28-26-16)9-5-12-23-21(22-2)24-13-6-14-27-19-11-10-17-7-3-4-8-18(17)15-19;/h3-4,7-8,10-11,15H,5-6,9,12-14H2,1-2H3,(H2,22,23,24);1H. The van der Waals surface area contributed by atoms with Crippen molar-refractivity contribution in [2.24, 2.45) is 4.99 Å². The summed E-state index contributed by atoms with van der Waals surface area (Å²) >= 11 is 0. The van der Waals surface area contributed by atoms with Crippen LogP contribution in [0.1, 0.15) is 24.6 Å². The van der Waals surface area contributed by atoms with Gasteiger partial charge in [0.15, 0.2) is 11.8 Å². The average molecular weight is 509 g/mol. The molecule has 0 aliphatic carbocycles. The Balaban J connectivity index is 0.00000300. The molecular weight excluding hydrogens is 481 g/mol. The zero-order chi connectivity index (χ0) is 19.6. The van der Waals surface area contributed by atoms with Crippen molar-refractivity contribution in [1.29, 1.82) is 0 Å². The van der Waals surface area contributed by atoms with Crippen LogP contribution in [0, 0.1) is 6.92 Å². The molecule has 8 heteroatoms. The molecular formula is C21H28IN5O2. The first-order valence-corrected chi connectivity index (χ1v) is 9.60. The van der Waals surface area contributed by atoms with Crippen LogP contribution in [0.4, 0.5) is 0 Å². The maximum atomic E-state index is 5.86. The second-order valence-electron chi connectivity index (χ2n) is 6.48. The summed E-state index contributed by atoms with van der Waals surface area (Å²) in [5.41, 5.74) is 0. The van der Waals surface area contributed by atoms with Gasteiger partial charge in [-0.05, 0) is 42.7 Å². The topological polar surface area (TPSA) is 84.6 Å². The molecule has 0 spiro atoms. The Morgan fingerprint density at radius 2 is 1.83 bits per heavy atom. The molecule has 1 aromatic heterocycles. The summed E-state index contributed by atoms with van der Waals surface area (Å²) in [5.74, 6) is 3.03. The van der Waals surface area contributed by atoms with Crippen molar-refractivity contribution in [3.05, 3.63) is 54.2 Å². The summed E-state index contributed by atoms with van der Waals surface area (Å²) < 4.78 is 11.0. The molecule has 1 heterocycles. The second kappa shape index (κ2) is 12.3. The predicted molar refractivity (Wildman–Crippen MR) is 126 cm³/mol. The average Bonchev–Trinajstić information content (AvgIpc) is 3.14. The van der Waals surface area contributed by atoms with Crippen molar-refractivity contribution in [2.75, 3.05) is 26.7 Å². The van der Waals surface area contributed by atoms with Gasteiger partial charge in [0.2, 0.25) is 5.89 Å². The summed E-state index contributed by atoms with van der Waals surface area (Å²) in [6.07, 6.45) is 2.53. The number of fused-ring (bicyclic) bond motifs is 1. The fraction of sp³-hybridized carbons (Fsp3) is 0.381. The number of aromatic nitrogens is 2. The highest BCUT2D eigenvalue weighted by atomic mass is 127. The Kier molecular flexibility index (Phi) is 9.69. The van der Waals surface area contributed by atoms with E-state index in [0.29, 0.717) is 18.3 Å². The maximum absolute atomic E-state index is 5.86. The molecule has 2 N–H and O–H groups in total. The van der Waals surface area contributed by atoms with Crippen LogP contribution >= 0.6 is 24.0 Å². The van der Waals surface area contributed by atoms with Crippen LogP contribution in [-0.4, -0.2) is 42.8 Å². The van der Waals surface area contributed by atoms with Gasteiger partial charge in [0, 0.05) is 26.6 Å². The van der Waals surface area contributed by atoms with E-state index < -0.39 is 0 Å². The highest BCUT2D eigenvalue weighted by Crippen LogP contribution is 2.20. The molecule has 2 aromatic carbocycles. The van der Waals surface area contributed by atoms with Gasteiger partial charge in [-0.15, -0.1) is 24.0 Å². The van der Waals surface area contributed by atoms with Crippen molar-refractivity contribution in [2.45, 2.75) is 26.2 Å². The molecule has 29 heavy (non-hydrogen) atoms. The van der Waals surface area contributed by atoms with Crippen LogP contribution < -0.4 is 15.4 Å². The minimum absolute atomic E-state index is 0. The van der Waals surface area contributed by atoms with E-state index in [9.17, 15) is 0 Å². The second-order valence-corrected chi connectivity index (χ2v) is 6.48. The molecule has 0 aliphatic rings. The quantitative estimate of drug-likeness (QED) is 0.198. The van der Waals surface area contributed by atoms with Crippen LogP contribution in [0.25, 0.3) is 10.8 Å². The van der Waals surface area contributed by atoms with Crippen LogP contribution in [0.3, 0.4) is 0 Å². The van der Waals surface area contributed by atoms with Gasteiger partial charge < -0.3 is 19.9 Å². The molecule has 0 aliphatic heterocycles. The summed E-state index contributed by atoms with van der Waals surface area (Å²) in [7, 11) is 1.77. The number of hydrogen-bond donors (Lipinski definition) is 2. The number of rotatable bonds is 9. The Morgan fingerprint density at radius 1 is 1.07 bits per heavy atom. The van der Waals surface area contributed by atoms with E-state index in [1.165, 1.54) is 10.8 Å². The van der Waals surface area contributed by atoms with Crippen LogP contribution in [0.5, 0.6) is 5.75 Å². The molecule has 0 bridgehead atoms. The Bertz CT molecular complexity index is 913. The number of aliphatic imine (C=N–C) groups is 1. The molecule has 3 rings (SSSR count). The maximum Gasteiger partial charge on any atom is 0.226 e. The number of nitrogens with one attached hydrogen (secondary N) is 2. The Hall–Kier alpha value is -2.36. The number of hydrogen-bond acceptors (Lipinski definition) is 5. The third-order valence-electron chi connectivity index (χ3n) is 4.26. The lowest BCUT2D eigenvalue weighted by molar-refractivity contribution is 0.311. The lowest BCUT2D eigenvalue weighted by Crippen LogP contribution is -2.38. The SMILES string of the molecule is CN=C(NCCCOc1ccc2ccccc2c1)NCCCc1nc(C)no1.I. The number of benzene rings is 2. The minimum atomic E-state index is 0. The van der Waals surface area contributed by atoms with Crippen LogP contribution in [-0.2, 0) is 6.42 Å². The molecule has 0 amide bonds. The van der Waals surface area contributed by atoms with Gasteiger partial charge in [0.25, 0.3) is 0 Å². The lowest BCUT2D eigenvalue weighted by atomic mass is 10.1. The van der Waals surface area contributed by atoms with E-state index in [2.05, 4.69) is 50.0 Å². The van der Waals surface area contributed by atoms with E-state index in [0.717, 1.165) is 44.1 Å². The van der Waals surface area contributed by atoms with E-state index in [1.807, 2.05) is 25.1 Å². The molecule has 0 atom stereocenters. The molecule has 0 saturated carbocycles. The van der Waals surface area contributed by atoms with Gasteiger partial charge in [-0.3, -0.25) is 4.99 Å². The summed E-state index contributed by atoms with van der Waals surface area (Å²) in [5, 5.41) is 12.8. The van der Waals surface area contributed by atoms with Crippen LogP contribution in [0.2, 0.25) is 0 Å². The van der Waals surface area contributed by atoms with E-state index in [1.54, 1.807) is 7.05 Å². The highest BCUT2D eigenvalue weighted by Gasteiger charge is 2.03. The third kappa shape index (κ3) is 7.52. The normalized spacial score (nSPS) is 11.2. The number of nitrogens with zero attached hydrogens (tertiary/aromatic N) is 3. The third-order valence-corrected chi connectivity index (χ3v) is 4.26. The van der Waals surface area contributed by atoms with E-state index in [4.69, 9.17) is 9.26 Å². The number of aryl methyl sites for hydroxylation is 2. The zero-order valence-electron chi connectivity index (χ0n) is 16.9. The van der Waals surface area contributed by atoms with E-state index >= 15 is 0 Å². The number of guanidine groups is 1. The number of halogens is 1. The fourth-order valence-corrected chi connectivity index (χ4v) is 2.83. The molecule has 0 saturated heterocycles. The van der Waals surface area contributed by atoms with Gasteiger partial charge in [-0.1, -0.05) is 35.5 Å². The van der Waals surface area contributed by atoms with Crippen molar-refractivity contribution < 1.29 is 9.26 Å². The highest BCUT2D eigenvalue weighted by molar-refractivity contribution is 14.0. The van der Waals surface area contributed by atoms with Crippen molar-refractivity contribution in [3.63, 3.8) is 0 Å². The fourth-order valence-electron chi connectivity index (χ4n) is 2.83. The van der Waals surface area contributed by atoms with Crippen molar-refractivity contribution >= 4 is 40.7 Å². The first kappa shape index (κ1) is 22.9. The molecule has 156 valence electrons. The summed E-state index contributed by atoms with van der Waals surface area (Å²) in [6, 6.07) is 14.5. The minimum Gasteiger partial charge on any atom is -0.494 e. The Morgan fingerprint density at radius 3 is 2.55 bits per heavy atom. The molecule has 0 radical (unpaired) electrons. The molecule has 0 unspecified atom stereocenters.